The number of hydrogen-bond donors (Lipinski definition) is 1. The molecule has 1 aromatic rings. The third-order valence-corrected chi connectivity index (χ3v) is 4.51. The molecule has 0 bridgehead atoms. The molecular formula is C19H29N3O2. The summed E-state index contributed by atoms with van der Waals surface area (Å²) in [5.41, 5.74) is 6.87. The summed E-state index contributed by atoms with van der Waals surface area (Å²) in [4.78, 5) is 28.4. The van der Waals surface area contributed by atoms with Gasteiger partial charge in [-0.15, -0.1) is 0 Å². The van der Waals surface area contributed by atoms with E-state index in [1.54, 1.807) is 9.80 Å². The molecule has 0 aliphatic carbocycles. The average Bonchev–Trinajstić information content (AvgIpc) is 2.59. The SMILES string of the molecule is NCCN(CCc1ccccc1)C(=O)CN1CCCCCCC1=O. The molecule has 132 valence electrons. The lowest BCUT2D eigenvalue weighted by atomic mass is 10.1. The van der Waals surface area contributed by atoms with Gasteiger partial charge in [0.05, 0.1) is 6.54 Å². The van der Waals surface area contributed by atoms with Crippen molar-refractivity contribution in [2.24, 2.45) is 5.73 Å². The van der Waals surface area contributed by atoms with Gasteiger partial charge in [0, 0.05) is 32.6 Å². The fourth-order valence-electron chi connectivity index (χ4n) is 3.07. The normalized spacial score (nSPS) is 15.7. The standard InChI is InChI=1S/C19H29N3O2/c20-12-15-21(14-11-17-8-4-3-5-9-17)19(24)16-22-13-7-2-1-6-10-18(22)23/h3-5,8-9H,1-2,6-7,10-16,20H2. The lowest BCUT2D eigenvalue weighted by molar-refractivity contribution is -0.140. The molecule has 5 nitrogen and oxygen atoms in total. The zero-order valence-electron chi connectivity index (χ0n) is 14.5. The van der Waals surface area contributed by atoms with Gasteiger partial charge in [0.1, 0.15) is 0 Å². The van der Waals surface area contributed by atoms with E-state index < -0.39 is 0 Å². The van der Waals surface area contributed by atoms with E-state index >= 15 is 0 Å². The predicted octanol–water partition coefficient (Wildman–Crippen LogP) is 1.81. The van der Waals surface area contributed by atoms with Crippen LogP contribution in [0.4, 0.5) is 0 Å². The van der Waals surface area contributed by atoms with Gasteiger partial charge >= 0.3 is 0 Å². The Hall–Kier alpha value is -1.88. The number of carbonyl (C=O) groups is 2. The van der Waals surface area contributed by atoms with Crippen LogP contribution < -0.4 is 5.73 Å². The van der Waals surface area contributed by atoms with Crippen LogP contribution in [-0.4, -0.2) is 54.3 Å². The van der Waals surface area contributed by atoms with Crippen LogP contribution in [0.15, 0.2) is 30.3 Å². The van der Waals surface area contributed by atoms with Crippen LogP contribution >= 0.6 is 0 Å². The van der Waals surface area contributed by atoms with Gasteiger partial charge in [-0.1, -0.05) is 43.2 Å². The molecule has 2 N–H and O–H groups in total. The van der Waals surface area contributed by atoms with Gasteiger partial charge in [-0.2, -0.15) is 0 Å². The Labute approximate surface area is 144 Å². The molecule has 0 atom stereocenters. The van der Waals surface area contributed by atoms with Crippen molar-refractivity contribution in [1.82, 2.24) is 9.80 Å². The fourth-order valence-corrected chi connectivity index (χ4v) is 3.07. The monoisotopic (exact) mass is 331 g/mol. The van der Waals surface area contributed by atoms with Crippen molar-refractivity contribution in [2.75, 3.05) is 32.7 Å². The molecule has 1 saturated heterocycles. The van der Waals surface area contributed by atoms with Crippen LogP contribution in [0.25, 0.3) is 0 Å². The number of carbonyl (C=O) groups excluding carboxylic acids is 2. The largest absolute Gasteiger partial charge is 0.340 e. The molecule has 24 heavy (non-hydrogen) atoms. The summed E-state index contributed by atoms with van der Waals surface area (Å²) < 4.78 is 0. The smallest absolute Gasteiger partial charge is 0.242 e. The van der Waals surface area contributed by atoms with Gasteiger partial charge in [-0.05, 0) is 24.8 Å². The Morgan fingerprint density at radius 3 is 2.58 bits per heavy atom. The molecular weight excluding hydrogens is 302 g/mol. The van der Waals surface area contributed by atoms with Crippen LogP contribution in [0.3, 0.4) is 0 Å². The zero-order chi connectivity index (χ0) is 17.2. The number of nitrogens with zero attached hydrogens (tertiary/aromatic N) is 2. The van der Waals surface area contributed by atoms with Gasteiger partial charge in [0.25, 0.3) is 0 Å². The summed E-state index contributed by atoms with van der Waals surface area (Å²) in [6, 6.07) is 10.1. The fraction of sp³-hybridized carbons (Fsp3) is 0.579. The Kier molecular flexibility index (Phi) is 7.75. The maximum atomic E-state index is 12.6. The molecule has 2 rings (SSSR count). The van der Waals surface area contributed by atoms with Crippen molar-refractivity contribution in [2.45, 2.75) is 38.5 Å². The molecule has 2 amide bonds. The van der Waals surface area contributed by atoms with E-state index in [-0.39, 0.29) is 18.4 Å². The number of likely N-dealkylation sites (tertiary alicyclic amines) is 1. The number of amides is 2. The highest BCUT2D eigenvalue weighted by Crippen LogP contribution is 2.12. The first-order valence-corrected chi connectivity index (χ1v) is 9.00. The second-order valence-electron chi connectivity index (χ2n) is 6.38. The van der Waals surface area contributed by atoms with E-state index in [0.29, 0.717) is 32.6 Å². The van der Waals surface area contributed by atoms with Gasteiger partial charge in [0.15, 0.2) is 0 Å². The molecule has 0 radical (unpaired) electrons. The van der Waals surface area contributed by atoms with E-state index in [9.17, 15) is 9.59 Å². The van der Waals surface area contributed by atoms with Gasteiger partial charge in [-0.25, -0.2) is 0 Å². The number of nitrogens with two attached hydrogens (primary N) is 1. The van der Waals surface area contributed by atoms with E-state index in [1.165, 1.54) is 5.56 Å². The second kappa shape index (κ2) is 10.1. The first kappa shape index (κ1) is 18.5. The minimum atomic E-state index is 0.00491. The third-order valence-electron chi connectivity index (χ3n) is 4.51. The summed E-state index contributed by atoms with van der Waals surface area (Å²) >= 11 is 0. The predicted molar refractivity (Wildman–Crippen MR) is 95.4 cm³/mol. The average molecular weight is 331 g/mol. The van der Waals surface area contributed by atoms with E-state index in [4.69, 9.17) is 5.73 Å². The van der Waals surface area contributed by atoms with Crippen molar-refractivity contribution in [3.8, 4) is 0 Å². The lowest BCUT2D eigenvalue weighted by Crippen LogP contribution is -2.45. The minimum Gasteiger partial charge on any atom is -0.340 e. The molecule has 1 fully saturated rings. The van der Waals surface area contributed by atoms with Crippen molar-refractivity contribution in [1.29, 1.82) is 0 Å². The molecule has 1 aliphatic heterocycles. The molecule has 0 unspecified atom stereocenters. The van der Waals surface area contributed by atoms with Gasteiger partial charge in [0.2, 0.25) is 11.8 Å². The lowest BCUT2D eigenvalue weighted by Gasteiger charge is -2.28. The van der Waals surface area contributed by atoms with E-state index in [2.05, 4.69) is 12.1 Å². The molecule has 1 aromatic carbocycles. The van der Waals surface area contributed by atoms with Crippen molar-refractivity contribution >= 4 is 11.8 Å². The summed E-state index contributed by atoms with van der Waals surface area (Å²) in [7, 11) is 0. The molecule has 0 saturated carbocycles. The first-order chi connectivity index (χ1) is 11.7. The molecule has 0 aromatic heterocycles. The van der Waals surface area contributed by atoms with Crippen LogP contribution in [0, 0.1) is 0 Å². The number of hydrogen-bond acceptors (Lipinski definition) is 3. The summed E-state index contributed by atoms with van der Waals surface area (Å²) in [5.74, 6) is 0.115. The number of benzene rings is 1. The van der Waals surface area contributed by atoms with Crippen molar-refractivity contribution in [3.63, 3.8) is 0 Å². The Bertz CT molecular complexity index is 519. The first-order valence-electron chi connectivity index (χ1n) is 9.00. The van der Waals surface area contributed by atoms with Crippen LogP contribution in [0.5, 0.6) is 0 Å². The van der Waals surface area contributed by atoms with Crippen LogP contribution in [0.1, 0.15) is 37.7 Å². The minimum absolute atomic E-state index is 0.00491. The maximum Gasteiger partial charge on any atom is 0.242 e. The van der Waals surface area contributed by atoms with E-state index in [0.717, 1.165) is 32.1 Å². The van der Waals surface area contributed by atoms with Gasteiger partial charge < -0.3 is 15.5 Å². The highest BCUT2D eigenvalue weighted by atomic mass is 16.2. The van der Waals surface area contributed by atoms with E-state index in [1.807, 2.05) is 18.2 Å². The summed E-state index contributed by atoms with van der Waals surface area (Å²) in [6.45, 7) is 2.50. The summed E-state index contributed by atoms with van der Waals surface area (Å²) in [5, 5.41) is 0. The van der Waals surface area contributed by atoms with Crippen molar-refractivity contribution < 1.29 is 9.59 Å². The molecule has 1 heterocycles. The molecule has 5 heteroatoms. The highest BCUT2D eigenvalue weighted by molar-refractivity contribution is 5.84. The summed E-state index contributed by atoms with van der Waals surface area (Å²) in [6.07, 6.45) is 5.54. The second-order valence-corrected chi connectivity index (χ2v) is 6.38. The highest BCUT2D eigenvalue weighted by Gasteiger charge is 2.21. The quantitative estimate of drug-likeness (QED) is 0.828. The Morgan fingerprint density at radius 2 is 1.83 bits per heavy atom. The van der Waals surface area contributed by atoms with Crippen LogP contribution in [-0.2, 0) is 16.0 Å². The van der Waals surface area contributed by atoms with Gasteiger partial charge in [-0.3, -0.25) is 9.59 Å². The number of rotatable bonds is 7. The topological polar surface area (TPSA) is 66.6 Å². The molecule has 1 aliphatic rings. The van der Waals surface area contributed by atoms with Crippen molar-refractivity contribution in [3.05, 3.63) is 35.9 Å². The Balaban J connectivity index is 1.90. The van der Waals surface area contributed by atoms with Crippen LogP contribution in [0.2, 0.25) is 0 Å². The Morgan fingerprint density at radius 1 is 1.08 bits per heavy atom. The zero-order valence-corrected chi connectivity index (χ0v) is 14.5. The maximum absolute atomic E-state index is 12.6. The molecule has 0 spiro atoms. The third kappa shape index (κ3) is 5.96.